The number of carboxylic acid groups (broad SMARTS) is 1. The molecule has 2 aromatic heterocycles. The molecular formula is C12H14N4O2. The van der Waals surface area contributed by atoms with Crippen molar-refractivity contribution in [2.45, 2.75) is 19.3 Å². The molecule has 1 aliphatic rings. The van der Waals surface area contributed by atoms with Gasteiger partial charge in [-0.3, -0.25) is 4.98 Å². The van der Waals surface area contributed by atoms with Crippen molar-refractivity contribution in [3.8, 4) is 0 Å². The first-order valence-corrected chi connectivity index (χ1v) is 5.93. The summed E-state index contributed by atoms with van der Waals surface area (Å²) in [5.74, 6) is 1.10. The van der Waals surface area contributed by atoms with Gasteiger partial charge in [0.2, 0.25) is 0 Å². The van der Waals surface area contributed by atoms with Crippen LogP contribution in [0.25, 0.3) is 5.52 Å². The molecule has 0 saturated carbocycles. The molecule has 0 spiro atoms. The highest BCUT2D eigenvalue weighted by atomic mass is 16.4. The normalized spacial score (nSPS) is 19.6. The fourth-order valence-electron chi connectivity index (χ4n) is 2.52. The Kier molecular flexibility index (Phi) is 2.43. The van der Waals surface area contributed by atoms with E-state index in [0.717, 1.165) is 23.5 Å². The summed E-state index contributed by atoms with van der Waals surface area (Å²) in [6.45, 7) is 3.05. The maximum atomic E-state index is 10.9. The molecule has 1 atom stereocenters. The number of amides is 1. The molecule has 0 radical (unpaired) electrons. The third-order valence-electron chi connectivity index (χ3n) is 3.50. The number of imidazole rings is 1. The minimum absolute atomic E-state index is 0.172. The first kappa shape index (κ1) is 11.0. The van der Waals surface area contributed by atoms with Gasteiger partial charge in [0.25, 0.3) is 0 Å². The van der Waals surface area contributed by atoms with Crippen LogP contribution in [0.4, 0.5) is 4.79 Å². The van der Waals surface area contributed by atoms with Crippen LogP contribution >= 0.6 is 0 Å². The summed E-state index contributed by atoms with van der Waals surface area (Å²) in [7, 11) is 0. The molecule has 6 nitrogen and oxygen atoms in total. The first-order chi connectivity index (χ1) is 8.66. The zero-order valence-electron chi connectivity index (χ0n) is 10.1. The predicted octanol–water partition coefficient (Wildman–Crippen LogP) is 1.51. The van der Waals surface area contributed by atoms with E-state index in [1.807, 2.05) is 17.5 Å². The number of hydrogen-bond donors (Lipinski definition) is 1. The molecule has 1 aliphatic heterocycles. The van der Waals surface area contributed by atoms with Crippen molar-refractivity contribution in [1.82, 2.24) is 19.3 Å². The molecule has 0 bridgehead atoms. The summed E-state index contributed by atoms with van der Waals surface area (Å²) in [6, 6.07) is 0. The second-order valence-electron chi connectivity index (χ2n) is 4.60. The molecule has 3 rings (SSSR count). The molecule has 1 saturated heterocycles. The molecule has 6 heteroatoms. The molecule has 0 aliphatic carbocycles. The van der Waals surface area contributed by atoms with Gasteiger partial charge in [-0.25, -0.2) is 9.78 Å². The van der Waals surface area contributed by atoms with Crippen molar-refractivity contribution >= 4 is 11.6 Å². The molecule has 1 fully saturated rings. The Bertz CT molecular complexity index is 607. The van der Waals surface area contributed by atoms with Crippen LogP contribution in [0.2, 0.25) is 0 Å². The lowest BCUT2D eigenvalue weighted by atomic mass is 10.1. The minimum Gasteiger partial charge on any atom is -0.465 e. The first-order valence-electron chi connectivity index (χ1n) is 5.93. The second kappa shape index (κ2) is 3.97. The van der Waals surface area contributed by atoms with Gasteiger partial charge in [0.05, 0.1) is 17.4 Å². The Balaban J connectivity index is 1.96. The van der Waals surface area contributed by atoms with Crippen molar-refractivity contribution in [2.24, 2.45) is 0 Å². The number of carbonyl (C=O) groups is 1. The Morgan fingerprint density at radius 2 is 2.33 bits per heavy atom. The maximum absolute atomic E-state index is 10.9. The Labute approximate surface area is 104 Å². The van der Waals surface area contributed by atoms with Crippen molar-refractivity contribution in [1.29, 1.82) is 0 Å². The van der Waals surface area contributed by atoms with Crippen molar-refractivity contribution in [2.75, 3.05) is 13.1 Å². The highest BCUT2D eigenvalue weighted by Gasteiger charge is 2.29. The average Bonchev–Trinajstić information content (AvgIpc) is 2.94. The van der Waals surface area contributed by atoms with Crippen LogP contribution in [-0.2, 0) is 0 Å². The van der Waals surface area contributed by atoms with Gasteiger partial charge in [-0.2, -0.15) is 0 Å². The Morgan fingerprint density at radius 1 is 1.50 bits per heavy atom. The molecule has 18 heavy (non-hydrogen) atoms. The zero-order chi connectivity index (χ0) is 12.7. The van der Waals surface area contributed by atoms with Crippen molar-refractivity contribution < 1.29 is 9.90 Å². The molecular weight excluding hydrogens is 232 g/mol. The van der Waals surface area contributed by atoms with Crippen LogP contribution in [0.3, 0.4) is 0 Å². The van der Waals surface area contributed by atoms with Gasteiger partial charge >= 0.3 is 6.09 Å². The number of hydrogen-bond acceptors (Lipinski definition) is 3. The van der Waals surface area contributed by atoms with E-state index in [1.54, 1.807) is 12.4 Å². The van der Waals surface area contributed by atoms with Gasteiger partial charge in [-0.15, -0.1) is 0 Å². The van der Waals surface area contributed by atoms with Gasteiger partial charge < -0.3 is 14.4 Å². The van der Waals surface area contributed by atoms with E-state index in [2.05, 4.69) is 9.97 Å². The van der Waals surface area contributed by atoms with Crippen LogP contribution in [0.15, 0.2) is 18.6 Å². The third kappa shape index (κ3) is 1.61. The van der Waals surface area contributed by atoms with E-state index >= 15 is 0 Å². The van der Waals surface area contributed by atoms with E-state index in [0.29, 0.717) is 13.1 Å². The molecule has 3 heterocycles. The predicted molar refractivity (Wildman–Crippen MR) is 64.7 cm³/mol. The fraction of sp³-hybridized carbons (Fsp3) is 0.417. The monoisotopic (exact) mass is 246 g/mol. The maximum Gasteiger partial charge on any atom is 0.407 e. The summed E-state index contributed by atoms with van der Waals surface area (Å²) in [5, 5.41) is 8.97. The minimum atomic E-state index is -0.851. The highest BCUT2D eigenvalue weighted by Crippen LogP contribution is 2.27. The number of likely N-dealkylation sites (tertiary alicyclic amines) is 1. The fourth-order valence-corrected chi connectivity index (χ4v) is 2.52. The highest BCUT2D eigenvalue weighted by molar-refractivity contribution is 5.65. The molecule has 94 valence electrons. The molecule has 1 N–H and O–H groups in total. The van der Waals surface area contributed by atoms with Crippen LogP contribution in [0, 0.1) is 6.92 Å². The number of fused-ring (bicyclic) bond motifs is 1. The SMILES string of the molecule is Cc1nccn2c(C3CCN(C(=O)O)C3)ncc12. The lowest BCUT2D eigenvalue weighted by molar-refractivity contribution is 0.155. The van der Waals surface area contributed by atoms with Crippen molar-refractivity contribution in [3.05, 3.63) is 30.1 Å². The van der Waals surface area contributed by atoms with E-state index in [9.17, 15) is 4.79 Å². The standard InChI is InChI=1S/C12H14N4O2/c1-8-10-6-14-11(16(10)5-3-13-8)9-2-4-15(7-9)12(17)18/h3,5-6,9H,2,4,7H2,1H3,(H,17,18). The summed E-state index contributed by atoms with van der Waals surface area (Å²) < 4.78 is 2.01. The lowest BCUT2D eigenvalue weighted by Crippen LogP contribution is -2.26. The lowest BCUT2D eigenvalue weighted by Gasteiger charge is -2.11. The van der Waals surface area contributed by atoms with E-state index in [-0.39, 0.29) is 5.92 Å². The number of nitrogens with zero attached hydrogens (tertiary/aromatic N) is 4. The number of rotatable bonds is 1. The summed E-state index contributed by atoms with van der Waals surface area (Å²) in [5.41, 5.74) is 1.92. The molecule has 2 aromatic rings. The smallest absolute Gasteiger partial charge is 0.407 e. The van der Waals surface area contributed by atoms with Crippen LogP contribution in [0.1, 0.15) is 23.9 Å². The second-order valence-corrected chi connectivity index (χ2v) is 4.60. The topological polar surface area (TPSA) is 70.7 Å². The Morgan fingerprint density at radius 3 is 3.06 bits per heavy atom. The molecule has 1 amide bonds. The van der Waals surface area contributed by atoms with E-state index < -0.39 is 6.09 Å². The van der Waals surface area contributed by atoms with Gasteiger partial charge in [-0.1, -0.05) is 0 Å². The summed E-state index contributed by atoms with van der Waals surface area (Å²) in [6.07, 6.45) is 5.41. The summed E-state index contributed by atoms with van der Waals surface area (Å²) in [4.78, 5) is 21.0. The summed E-state index contributed by atoms with van der Waals surface area (Å²) >= 11 is 0. The van der Waals surface area contributed by atoms with Gasteiger partial charge in [0.1, 0.15) is 5.82 Å². The largest absolute Gasteiger partial charge is 0.465 e. The quantitative estimate of drug-likeness (QED) is 0.827. The van der Waals surface area contributed by atoms with Crippen LogP contribution in [0.5, 0.6) is 0 Å². The Hall–Kier alpha value is -2.11. The van der Waals surface area contributed by atoms with E-state index in [4.69, 9.17) is 5.11 Å². The zero-order valence-corrected chi connectivity index (χ0v) is 10.1. The average molecular weight is 246 g/mol. The molecule has 1 unspecified atom stereocenters. The van der Waals surface area contributed by atoms with Gasteiger partial charge in [-0.05, 0) is 13.3 Å². The third-order valence-corrected chi connectivity index (χ3v) is 3.50. The number of aryl methyl sites for hydroxylation is 1. The van der Waals surface area contributed by atoms with Crippen LogP contribution < -0.4 is 0 Å². The van der Waals surface area contributed by atoms with E-state index in [1.165, 1.54) is 4.90 Å². The van der Waals surface area contributed by atoms with Gasteiger partial charge in [0, 0.05) is 31.4 Å². The molecule has 0 aromatic carbocycles. The van der Waals surface area contributed by atoms with Crippen LogP contribution in [-0.4, -0.2) is 43.6 Å². The van der Waals surface area contributed by atoms with Crippen molar-refractivity contribution in [3.63, 3.8) is 0 Å². The number of aromatic nitrogens is 3. The van der Waals surface area contributed by atoms with Gasteiger partial charge in [0.15, 0.2) is 0 Å².